The number of unbranched alkanes of at least 4 members (excludes halogenated alkanes) is 3. The minimum Gasteiger partial charge on any atom is -0.462 e. The Morgan fingerprint density at radius 2 is 1.28 bits per heavy atom. The summed E-state index contributed by atoms with van der Waals surface area (Å²) in [6, 6.07) is 24.4. The van der Waals surface area contributed by atoms with E-state index in [1.807, 2.05) is 17.0 Å². The quantitative estimate of drug-likeness (QED) is 0.182. The van der Waals surface area contributed by atoms with Crippen LogP contribution in [0.2, 0.25) is 0 Å². The molecule has 1 amide bonds. The minimum absolute atomic E-state index is 0.0964. The fourth-order valence-corrected chi connectivity index (χ4v) is 4.21. The predicted molar refractivity (Wildman–Crippen MR) is 148 cm³/mol. The van der Waals surface area contributed by atoms with Gasteiger partial charge in [0.2, 0.25) is 5.91 Å². The Hall–Kier alpha value is -3.40. The Kier molecular flexibility index (Phi) is 10.7. The first-order chi connectivity index (χ1) is 17.5. The van der Waals surface area contributed by atoms with Crippen molar-refractivity contribution in [1.29, 1.82) is 0 Å². The molecule has 3 aromatic rings. The molecule has 4 heteroatoms. The maximum atomic E-state index is 13.2. The molecule has 0 aliphatic heterocycles. The third kappa shape index (κ3) is 7.81. The lowest BCUT2D eigenvalue weighted by atomic mass is 10.0. The number of hydrogen-bond acceptors (Lipinski definition) is 3. The van der Waals surface area contributed by atoms with Crippen molar-refractivity contribution in [1.82, 2.24) is 0 Å². The van der Waals surface area contributed by atoms with Gasteiger partial charge in [-0.15, -0.1) is 0 Å². The number of aryl methyl sites for hydroxylation is 1. The van der Waals surface area contributed by atoms with Crippen LogP contribution in [0.25, 0.3) is 11.1 Å². The molecule has 0 bridgehead atoms. The lowest BCUT2D eigenvalue weighted by molar-refractivity contribution is -0.118. The SMILES string of the molecule is CCCCCC(=O)N(Cc1ccc(-c2ccc(CCCC)cc2)cc1)c1ccc(C(=O)OCC)cc1. The van der Waals surface area contributed by atoms with Crippen LogP contribution in [0.5, 0.6) is 0 Å². The second-order valence-corrected chi connectivity index (χ2v) is 9.20. The Labute approximate surface area is 216 Å². The summed E-state index contributed by atoms with van der Waals surface area (Å²) in [6.45, 7) is 6.96. The van der Waals surface area contributed by atoms with E-state index >= 15 is 0 Å². The number of anilines is 1. The molecule has 0 spiro atoms. The van der Waals surface area contributed by atoms with E-state index in [1.165, 1.54) is 29.5 Å². The number of nitrogens with zero attached hydrogens (tertiary/aromatic N) is 1. The van der Waals surface area contributed by atoms with Crippen molar-refractivity contribution >= 4 is 17.6 Å². The number of rotatable bonds is 13. The van der Waals surface area contributed by atoms with Gasteiger partial charge >= 0.3 is 5.97 Å². The highest BCUT2D eigenvalue weighted by Gasteiger charge is 2.17. The number of amides is 1. The maximum Gasteiger partial charge on any atom is 0.338 e. The van der Waals surface area contributed by atoms with Gasteiger partial charge in [-0.25, -0.2) is 4.79 Å². The van der Waals surface area contributed by atoms with Gasteiger partial charge < -0.3 is 9.64 Å². The molecule has 0 fully saturated rings. The summed E-state index contributed by atoms with van der Waals surface area (Å²) in [5, 5.41) is 0. The van der Waals surface area contributed by atoms with Crippen molar-refractivity contribution in [3.8, 4) is 11.1 Å². The molecule has 0 saturated carbocycles. The Bertz CT molecular complexity index is 1090. The van der Waals surface area contributed by atoms with Crippen molar-refractivity contribution in [3.05, 3.63) is 89.5 Å². The van der Waals surface area contributed by atoms with Crippen molar-refractivity contribution in [2.24, 2.45) is 0 Å². The lowest BCUT2D eigenvalue weighted by Gasteiger charge is -2.23. The molecule has 3 rings (SSSR count). The number of hydrogen-bond donors (Lipinski definition) is 0. The summed E-state index contributed by atoms with van der Waals surface area (Å²) in [5.74, 6) is -0.252. The van der Waals surface area contributed by atoms with Crippen LogP contribution in [0.1, 0.15) is 80.8 Å². The van der Waals surface area contributed by atoms with E-state index in [-0.39, 0.29) is 11.9 Å². The molecule has 0 N–H and O–H groups in total. The second kappa shape index (κ2) is 14.2. The average molecular weight is 486 g/mol. The normalized spacial score (nSPS) is 10.8. The number of carbonyl (C=O) groups is 2. The zero-order valence-electron chi connectivity index (χ0n) is 22.0. The molecule has 0 saturated heterocycles. The number of esters is 1. The van der Waals surface area contributed by atoms with Gasteiger partial charge in [0.15, 0.2) is 0 Å². The van der Waals surface area contributed by atoms with Crippen LogP contribution in [0.15, 0.2) is 72.8 Å². The Morgan fingerprint density at radius 3 is 1.83 bits per heavy atom. The monoisotopic (exact) mass is 485 g/mol. The van der Waals surface area contributed by atoms with Crippen LogP contribution in [-0.2, 0) is 22.5 Å². The van der Waals surface area contributed by atoms with Gasteiger partial charge in [-0.05, 0) is 72.7 Å². The topological polar surface area (TPSA) is 46.6 Å². The summed E-state index contributed by atoms with van der Waals surface area (Å²) in [6.07, 6.45) is 7.04. The summed E-state index contributed by atoms with van der Waals surface area (Å²) in [5.41, 5.74) is 6.09. The standard InChI is InChI=1S/C32H39NO3/c1-4-7-9-11-31(34)33(30-22-20-29(21-23-30)32(35)36-6-3)24-26-14-18-28(19-15-26)27-16-12-25(13-17-27)10-8-5-2/h12-23H,4-11,24H2,1-3H3. The first-order valence-electron chi connectivity index (χ1n) is 13.3. The Morgan fingerprint density at radius 1 is 0.694 bits per heavy atom. The largest absolute Gasteiger partial charge is 0.462 e. The smallest absolute Gasteiger partial charge is 0.338 e. The number of carbonyl (C=O) groups excluding carboxylic acids is 2. The fraction of sp³-hybridized carbons (Fsp3) is 0.375. The molecule has 190 valence electrons. The van der Waals surface area contributed by atoms with Gasteiger partial charge in [0.1, 0.15) is 0 Å². The van der Waals surface area contributed by atoms with Crippen molar-refractivity contribution in [3.63, 3.8) is 0 Å². The van der Waals surface area contributed by atoms with Crippen LogP contribution in [-0.4, -0.2) is 18.5 Å². The summed E-state index contributed by atoms with van der Waals surface area (Å²) >= 11 is 0. The summed E-state index contributed by atoms with van der Waals surface area (Å²) in [4.78, 5) is 27.0. The molecule has 0 aromatic heterocycles. The van der Waals surface area contributed by atoms with E-state index in [9.17, 15) is 9.59 Å². The third-order valence-electron chi connectivity index (χ3n) is 6.39. The highest BCUT2D eigenvalue weighted by atomic mass is 16.5. The van der Waals surface area contributed by atoms with E-state index in [0.29, 0.717) is 25.1 Å². The number of ether oxygens (including phenoxy) is 1. The minimum atomic E-state index is -0.348. The maximum absolute atomic E-state index is 13.2. The second-order valence-electron chi connectivity index (χ2n) is 9.20. The van der Waals surface area contributed by atoms with E-state index in [4.69, 9.17) is 4.74 Å². The fourth-order valence-electron chi connectivity index (χ4n) is 4.21. The van der Waals surface area contributed by atoms with Crippen molar-refractivity contribution in [2.45, 2.75) is 72.3 Å². The van der Waals surface area contributed by atoms with Gasteiger partial charge in [0.05, 0.1) is 18.7 Å². The summed E-state index contributed by atoms with van der Waals surface area (Å²) in [7, 11) is 0. The molecule has 0 aliphatic rings. The van der Waals surface area contributed by atoms with Gasteiger partial charge in [0.25, 0.3) is 0 Å². The van der Waals surface area contributed by atoms with Crippen LogP contribution in [0.4, 0.5) is 5.69 Å². The average Bonchev–Trinajstić information content (AvgIpc) is 2.91. The molecule has 0 unspecified atom stereocenters. The van der Waals surface area contributed by atoms with Crippen LogP contribution >= 0.6 is 0 Å². The van der Waals surface area contributed by atoms with Crippen molar-refractivity contribution < 1.29 is 14.3 Å². The molecule has 0 aliphatic carbocycles. The highest BCUT2D eigenvalue weighted by Crippen LogP contribution is 2.24. The van der Waals surface area contributed by atoms with Gasteiger partial charge in [-0.2, -0.15) is 0 Å². The molecule has 36 heavy (non-hydrogen) atoms. The van der Waals surface area contributed by atoms with Gasteiger partial charge in [0, 0.05) is 12.1 Å². The highest BCUT2D eigenvalue weighted by molar-refractivity contribution is 5.94. The molecule has 4 nitrogen and oxygen atoms in total. The van der Waals surface area contributed by atoms with Crippen LogP contribution in [0.3, 0.4) is 0 Å². The number of benzene rings is 3. The summed E-state index contributed by atoms with van der Waals surface area (Å²) < 4.78 is 5.09. The third-order valence-corrected chi connectivity index (χ3v) is 6.39. The van der Waals surface area contributed by atoms with Gasteiger partial charge in [-0.1, -0.05) is 81.6 Å². The van der Waals surface area contributed by atoms with E-state index in [2.05, 4.69) is 62.4 Å². The van der Waals surface area contributed by atoms with Crippen LogP contribution < -0.4 is 4.90 Å². The first kappa shape index (κ1) is 27.2. The molecular weight excluding hydrogens is 446 g/mol. The molecular formula is C32H39NO3. The zero-order chi connectivity index (χ0) is 25.8. The van der Waals surface area contributed by atoms with E-state index in [1.54, 1.807) is 19.1 Å². The van der Waals surface area contributed by atoms with E-state index in [0.717, 1.165) is 36.9 Å². The molecule has 3 aromatic carbocycles. The molecule has 0 radical (unpaired) electrons. The molecule has 0 heterocycles. The van der Waals surface area contributed by atoms with Crippen molar-refractivity contribution in [2.75, 3.05) is 11.5 Å². The van der Waals surface area contributed by atoms with Gasteiger partial charge in [-0.3, -0.25) is 4.79 Å². The Balaban J connectivity index is 1.76. The zero-order valence-corrected chi connectivity index (χ0v) is 22.0. The molecule has 0 atom stereocenters. The lowest BCUT2D eigenvalue weighted by Crippen LogP contribution is -2.30. The van der Waals surface area contributed by atoms with Crippen LogP contribution in [0, 0.1) is 0 Å². The predicted octanol–water partition coefficient (Wildman–Crippen LogP) is 7.99. The first-order valence-corrected chi connectivity index (χ1v) is 13.3. The van der Waals surface area contributed by atoms with E-state index < -0.39 is 0 Å².